The largest absolute Gasteiger partial charge is 0.459 e. The van der Waals surface area contributed by atoms with Gasteiger partial charge in [-0.05, 0) is 32.0 Å². The van der Waals surface area contributed by atoms with Crippen LogP contribution in [-0.2, 0) is 0 Å². The van der Waals surface area contributed by atoms with Crippen LogP contribution in [0.2, 0.25) is 0 Å². The van der Waals surface area contributed by atoms with Crippen LogP contribution in [0.3, 0.4) is 0 Å². The third-order valence-electron chi connectivity index (χ3n) is 2.53. The number of fused-ring (bicyclic) bond motifs is 1. The molecule has 0 aliphatic heterocycles. The van der Waals surface area contributed by atoms with E-state index in [9.17, 15) is 0 Å². The normalized spacial score (nSPS) is 13.0. The fourth-order valence-corrected chi connectivity index (χ4v) is 1.58. The average Bonchev–Trinajstić information content (AvgIpc) is 2.58. The third-order valence-corrected chi connectivity index (χ3v) is 2.53. The van der Waals surface area contributed by atoms with Crippen molar-refractivity contribution in [2.24, 2.45) is 5.73 Å². The van der Waals surface area contributed by atoms with Crippen molar-refractivity contribution < 1.29 is 4.42 Å². The number of rotatable bonds is 2. The zero-order valence-electron chi connectivity index (χ0n) is 9.08. The molecule has 0 fully saturated rings. The molecular weight excluding hydrogens is 186 g/mol. The van der Waals surface area contributed by atoms with E-state index < -0.39 is 0 Å². The minimum absolute atomic E-state index is 0.210. The number of nitrogens with two attached hydrogens (primary N) is 1. The standard InChI is InChI=1S/C13H15NO/c1-8(2)13(14)12-7-10-6-9(3)4-5-11(10)15-12/h4-7,13H,1,14H2,2-3H3. The minimum Gasteiger partial charge on any atom is -0.459 e. The molecule has 2 N–H and O–H groups in total. The average molecular weight is 201 g/mol. The van der Waals surface area contributed by atoms with Crippen molar-refractivity contribution in [3.63, 3.8) is 0 Å². The topological polar surface area (TPSA) is 39.2 Å². The molecule has 0 radical (unpaired) electrons. The van der Waals surface area contributed by atoms with Crippen molar-refractivity contribution in [3.8, 4) is 0 Å². The van der Waals surface area contributed by atoms with Crippen LogP contribution >= 0.6 is 0 Å². The Morgan fingerprint density at radius 1 is 1.40 bits per heavy atom. The second kappa shape index (κ2) is 3.55. The Balaban J connectivity index is 2.51. The van der Waals surface area contributed by atoms with Crippen molar-refractivity contribution in [3.05, 3.63) is 47.7 Å². The van der Waals surface area contributed by atoms with Gasteiger partial charge in [0.15, 0.2) is 0 Å². The summed E-state index contributed by atoms with van der Waals surface area (Å²) in [6, 6.07) is 7.87. The van der Waals surface area contributed by atoms with E-state index in [4.69, 9.17) is 10.2 Å². The van der Waals surface area contributed by atoms with Crippen molar-refractivity contribution in [2.75, 3.05) is 0 Å². The summed E-state index contributed by atoms with van der Waals surface area (Å²) in [7, 11) is 0. The fraction of sp³-hybridized carbons (Fsp3) is 0.231. The SMILES string of the molecule is C=C(C)C(N)c1cc2cc(C)ccc2o1. The molecule has 2 nitrogen and oxygen atoms in total. The maximum atomic E-state index is 5.95. The molecule has 0 aliphatic carbocycles. The lowest BCUT2D eigenvalue weighted by molar-refractivity contribution is 0.522. The van der Waals surface area contributed by atoms with E-state index in [0.717, 1.165) is 22.3 Å². The Labute approximate surface area is 89.4 Å². The van der Waals surface area contributed by atoms with Crippen LogP contribution in [-0.4, -0.2) is 0 Å². The molecule has 1 heterocycles. The predicted octanol–water partition coefficient (Wildman–Crippen LogP) is 3.32. The number of hydrogen-bond donors (Lipinski definition) is 1. The van der Waals surface area contributed by atoms with Gasteiger partial charge in [0.2, 0.25) is 0 Å². The summed E-state index contributed by atoms with van der Waals surface area (Å²) in [5, 5.41) is 1.10. The van der Waals surface area contributed by atoms with Gasteiger partial charge >= 0.3 is 0 Å². The zero-order valence-corrected chi connectivity index (χ0v) is 9.08. The van der Waals surface area contributed by atoms with Gasteiger partial charge in [0, 0.05) is 5.39 Å². The number of hydrogen-bond acceptors (Lipinski definition) is 2. The van der Waals surface area contributed by atoms with E-state index in [2.05, 4.69) is 19.6 Å². The highest BCUT2D eigenvalue weighted by Crippen LogP contribution is 2.26. The Hall–Kier alpha value is -1.54. The molecule has 78 valence electrons. The van der Waals surface area contributed by atoms with Crippen molar-refractivity contribution in [1.29, 1.82) is 0 Å². The fourth-order valence-electron chi connectivity index (χ4n) is 1.58. The van der Waals surface area contributed by atoms with Crippen LogP contribution in [0.4, 0.5) is 0 Å². The number of furan rings is 1. The van der Waals surface area contributed by atoms with E-state index in [1.807, 2.05) is 25.1 Å². The molecule has 1 atom stereocenters. The molecule has 0 spiro atoms. The molecule has 0 bridgehead atoms. The molecule has 2 aromatic rings. The first-order valence-electron chi connectivity index (χ1n) is 4.99. The van der Waals surface area contributed by atoms with Gasteiger partial charge in [-0.15, -0.1) is 0 Å². The Morgan fingerprint density at radius 3 is 2.80 bits per heavy atom. The van der Waals surface area contributed by atoms with Crippen LogP contribution in [0, 0.1) is 6.92 Å². The Morgan fingerprint density at radius 2 is 2.13 bits per heavy atom. The van der Waals surface area contributed by atoms with Crippen molar-refractivity contribution in [1.82, 2.24) is 0 Å². The van der Waals surface area contributed by atoms with Crippen LogP contribution < -0.4 is 5.73 Å². The molecule has 2 heteroatoms. The van der Waals surface area contributed by atoms with Gasteiger partial charge in [0.05, 0.1) is 6.04 Å². The minimum atomic E-state index is -0.210. The van der Waals surface area contributed by atoms with E-state index in [0.29, 0.717) is 0 Å². The highest BCUT2D eigenvalue weighted by molar-refractivity contribution is 5.78. The number of aryl methyl sites for hydroxylation is 1. The van der Waals surface area contributed by atoms with Crippen LogP contribution in [0.5, 0.6) is 0 Å². The zero-order chi connectivity index (χ0) is 11.0. The second-order valence-corrected chi connectivity index (χ2v) is 4.01. The molecule has 0 aliphatic rings. The molecule has 15 heavy (non-hydrogen) atoms. The van der Waals surface area contributed by atoms with Gasteiger partial charge in [-0.25, -0.2) is 0 Å². The van der Waals surface area contributed by atoms with E-state index in [-0.39, 0.29) is 6.04 Å². The van der Waals surface area contributed by atoms with Gasteiger partial charge in [0.1, 0.15) is 11.3 Å². The number of benzene rings is 1. The molecular formula is C13H15NO. The molecule has 0 saturated carbocycles. The third kappa shape index (κ3) is 1.81. The van der Waals surface area contributed by atoms with Gasteiger partial charge in [-0.1, -0.05) is 23.8 Å². The summed E-state index contributed by atoms with van der Waals surface area (Å²) < 4.78 is 5.66. The summed E-state index contributed by atoms with van der Waals surface area (Å²) in [5.74, 6) is 0.781. The van der Waals surface area contributed by atoms with Gasteiger partial charge in [-0.3, -0.25) is 0 Å². The quantitative estimate of drug-likeness (QED) is 0.757. The van der Waals surface area contributed by atoms with Gasteiger partial charge in [-0.2, -0.15) is 0 Å². The monoisotopic (exact) mass is 201 g/mol. The second-order valence-electron chi connectivity index (χ2n) is 4.01. The lowest BCUT2D eigenvalue weighted by atomic mass is 10.1. The van der Waals surface area contributed by atoms with Crippen molar-refractivity contribution in [2.45, 2.75) is 19.9 Å². The van der Waals surface area contributed by atoms with Crippen LogP contribution in [0.15, 0.2) is 40.8 Å². The summed E-state index contributed by atoms with van der Waals surface area (Å²) in [4.78, 5) is 0. The molecule has 1 unspecified atom stereocenters. The Kier molecular flexibility index (Phi) is 2.37. The maximum Gasteiger partial charge on any atom is 0.134 e. The van der Waals surface area contributed by atoms with E-state index in [1.165, 1.54) is 5.56 Å². The maximum absolute atomic E-state index is 5.95. The summed E-state index contributed by atoms with van der Waals surface area (Å²) in [6.07, 6.45) is 0. The van der Waals surface area contributed by atoms with E-state index in [1.54, 1.807) is 0 Å². The smallest absolute Gasteiger partial charge is 0.134 e. The molecule has 0 saturated heterocycles. The van der Waals surface area contributed by atoms with Gasteiger partial charge < -0.3 is 10.2 Å². The lowest BCUT2D eigenvalue weighted by Crippen LogP contribution is -2.09. The highest BCUT2D eigenvalue weighted by Gasteiger charge is 2.12. The summed E-state index contributed by atoms with van der Waals surface area (Å²) in [5.41, 5.74) is 8.96. The molecule has 0 amide bonds. The summed E-state index contributed by atoms with van der Waals surface area (Å²) in [6.45, 7) is 7.80. The van der Waals surface area contributed by atoms with Crippen LogP contribution in [0.1, 0.15) is 24.3 Å². The van der Waals surface area contributed by atoms with Gasteiger partial charge in [0.25, 0.3) is 0 Å². The van der Waals surface area contributed by atoms with E-state index >= 15 is 0 Å². The molecule has 1 aromatic carbocycles. The first-order valence-corrected chi connectivity index (χ1v) is 4.99. The predicted molar refractivity (Wildman–Crippen MR) is 62.7 cm³/mol. The van der Waals surface area contributed by atoms with Crippen LogP contribution in [0.25, 0.3) is 11.0 Å². The molecule has 2 rings (SSSR count). The summed E-state index contributed by atoms with van der Waals surface area (Å²) >= 11 is 0. The highest BCUT2D eigenvalue weighted by atomic mass is 16.3. The first kappa shape index (κ1) is 9.99. The first-order chi connectivity index (χ1) is 7.08. The van der Waals surface area contributed by atoms with Crippen molar-refractivity contribution >= 4 is 11.0 Å². The molecule has 1 aromatic heterocycles. The lowest BCUT2D eigenvalue weighted by Gasteiger charge is -2.06. The Bertz CT molecular complexity index is 510.